The number of nitrogens with zero attached hydrogens (tertiary/aromatic N) is 1. The van der Waals surface area contributed by atoms with E-state index in [2.05, 4.69) is 80.7 Å². The number of rotatable bonds is 12. The Balaban J connectivity index is 1.83. The van der Waals surface area contributed by atoms with Gasteiger partial charge in [-0.15, -0.1) is 0 Å². The Hall–Kier alpha value is -2.65. The largest absolute Gasteiger partial charge is 0.496 e. The molecule has 2 aromatic carbocycles. The molecule has 0 saturated heterocycles. The van der Waals surface area contributed by atoms with Crippen LogP contribution >= 0.6 is 0 Å². The van der Waals surface area contributed by atoms with Gasteiger partial charge in [-0.2, -0.15) is 0 Å². The van der Waals surface area contributed by atoms with Crippen LogP contribution in [-0.4, -0.2) is 12.1 Å². The van der Waals surface area contributed by atoms with Crippen molar-refractivity contribution >= 4 is 0 Å². The third-order valence-corrected chi connectivity index (χ3v) is 6.26. The number of unbranched alkanes of at least 4 members (excludes halogenated alkanes) is 2. The van der Waals surface area contributed by atoms with Crippen molar-refractivity contribution in [2.45, 2.75) is 71.9 Å². The van der Waals surface area contributed by atoms with Gasteiger partial charge in [0.2, 0.25) is 0 Å². The summed E-state index contributed by atoms with van der Waals surface area (Å²) < 4.78 is 5.81. The molecule has 0 amide bonds. The van der Waals surface area contributed by atoms with E-state index in [0.29, 0.717) is 6.04 Å². The van der Waals surface area contributed by atoms with Crippen molar-refractivity contribution in [1.29, 1.82) is 0 Å². The lowest BCUT2D eigenvalue weighted by atomic mass is 9.94. The molecular weight excluding hydrogens is 392 g/mol. The Morgan fingerprint density at radius 3 is 2.22 bits per heavy atom. The first-order valence-corrected chi connectivity index (χ1v) is 12.1. The quantitative estimate of drug-likeness (QED) is 0.306. The minimum Gasteiger partial charge on any atom is -0.496 e. The Labute approximate surface area is 194 Å². The highest BCUT2D eigenvalue weighted by molar-refractivity contribution is 5.69. The maximum absolute atomic E-state index is 5.81. The molecule has 3 heteroatoms. The number of aryl methyl sites for hydroxylation is 2. The third-order valence-electron chi connectivity index (χ3n) is 6.26. The molecule has 1 atom stereocenters. The molecule has 1 N–H and O–H groups in total. The molecule has 0 saturated carbocycles. The monoisotopic (exact) mass is 430 g/mol. The molecule has 1 aromatic heterocycles. The first kappa shape index (κ1) is 24.0. The van der Waals surface area contributed by atoms with Gasteiger partial charge in [-0.1, -0.05) is 88.6 Å². The van der Waals surface area contributed by atoms with E-state index in [1.165, 1.54) is 41.5 Å². The van der Waals surface area contributed by atoms with Crippen LogP contribution in [0.5, 0.6) is 5.75 Å². The molecule has 0 spiro atoms. The van der Waals surface area contributed by atoms with Crippen molar-refractivity contribution in [1.82, 2.24) is 10.3 Å². The van der Waals surface area contributed by atoms with Crippen LogP contribution in [0.2, 0.25) is 0 Å². The lowest BCUT2D eigenvalue weighted by molar-refractivity contribution is 0.402. The van der Waals surface area contributed by atoms with E-state index in [4.69, 9.17) is 9.72 Å². The van der Waals surface area contributed by atoms with E-state index < -0.39 is 0 Å². The van der Waals surface area contributed by atoms with Crippen LogP contribution in [0.4, 0.5) is 0 Å². The molecule has 0 bridgehead atoms. The lowest BCUT2D eigenvalue weighted by Crippen LogP contribution is -2.21. The predicted molar refractivity (Wildman–Crippen MR) is 135 cm³/mol. The molecule has 3 nitrogen and oxygen atoms in total. The fourth-order valence-corrected chi connectivity index (χ4v) is 4.40. The van der Waals surface area contributed by atoms with Crippen LogP contribution in [0.15, 0.2) is 60.8 Å². The third kappa shape index (κ3) is 5.98. The predicted octanol–water partition coefficient (Wildman–Crippen LogP) is 7.29. The molecule has 32 heavy (non-hydrogen) atoms. The number of pyridine rings is 1. The van der Waals surface area contributed by atoms with Crippen LogP contribution in [0, 0.1) is 0 Å². The van der Waals surface area contributed by atoms with Crippen LogP contribution in [0.1, 0.15) is 74.8 Å². The van der Waals surface area contributed by atoms with Crippen LogP contribution < -0.4 is 10.1 Å². The molecule has 0 aliphatic rings. The average molecular weight is 431 g/mol. The second kappa shape index (κ2) is 12.4. The van der Waals surface area contributed by atoms with Crippen LogP contribution in [0.25, 0.3) is 11.3 Å². The van der Waals surface area contributed by atoms with Crippen molar-refractivity contribution in [2.24, 2.45) is 0 Å². The summed E-state index contributed by atoms with van der Waals surface area (Å²) in [6.07, 6.45) is 8.84. The van der Waals surface area contributed by atoms with Gasteiger partial charge in [0.1, 0.15) is 5.75 Å². The van der Waals surface area contributed by atoms with Gasteiger partial charge in [-0.05, 0) is 36.0 Å². The number of aromatic nitrogens is 1. The second-order valence-corrected chi connectivity index (χ2v) is 8.38. The first-order chi connectivity index (χ1) is 15.7. The smallest absolute Gasteiger partial charge is 0.127 e. The SMILES string of the molecule is CCCCCC(NCc1cnc(-c2c(CC)cccc2CC)cc1OC)c1ccccc1. The average Bonchev–Trinajstić information content (AvgIpc) is 2.86. The number of methoxy groups -OCH3 is 1. The van der Waals surface area contributed by atoms with Gasteiger partial charge in [0.05, 0.1) is 12.8 Å². The molecule has 170 valence electrons. The summed E-state index contributed by atoms with van der Waals surface area (Å²) in [4.78, 5) is 4.88. The highest BCUT2D eigenvalue weighted by Gasteiger charge is 2.15. The first-order valence-electron chi connectivity index (χ1n) is 12.1. The second-order valence-electron chi connectivity index (χ2n) is 8.38. The van der Waals surface area contributed by atoms with E-state index in [1.807, 2.05) is 6.20 Å². The van der Waals surface area contributed by atoms with Crippen molar-refractivity contribution < 1.29 is 4.74 Å². The molecule has 1 unspecified atom stereocenters. The Kier molecular flexibility index (Phi) is 9.30. The maximum atomic E-state index is 5.81. The van der Waals surface area contributed by atoms with Gasteiger partial charge in [0.25, 0.3) is 0 Å². The Bertz CT molecular complexity index is 946. The van der Waals surface area contributed by atoms with E-state index >= 15 is 0 Å². The van der Waals surface area contributed by atoms with E-state index in [0.717, 1.165) is 42.8 Å². The summed E-state index contributed by atoms with van der Waals surface area (Å²) in [6.45, 7) is 7.40. The lowest BCUT2D eigenvalue weighted by Gasteiger charge is -2.21. The molecule has 1 heterocycles. The highest BCUT2D eigenvalue weighted by Crippen LogP contribution is 2.31. The standard InChI is InChI=1S/C29H38N2O/c1-5-8-10-18-26(24-14-11-9-12-15-24)30-20-25-21-31-27(19-28(25)32-4)29-22(6-2)16-13-17-23(29)7-3/h9,11-17,19,21,26,30H,5-8,10,18,20H2,1-4H3. The van der Waals surface area contributed by atoms with Gasteiger partial charge < -0.3 is 10.1 Å². The van der Waals surface area contributed by atoms with E-state index in [9.17, 15) is 0 Å². The highest BCUT2D eigenvalue weighted by atomic mass is 16.5. The molecule has 3 rings (SSSR count). The van der Waals surface area contributed by atoms with Gasteiger partial charge in [-0.25, -0.2) is 0 Å². The van der Waals surface area contributed by atoms with Crippen molar-refractivity contribution in [3.05, 3.63) is 83.0 Å². The minimum atomic E-state index is 0.333. The minimum absolute atomic E-state index is 0.333. The summed E-state index contributed by atoms with van der Waals surface area (Å²) in [5, 5.41) is 3.77. The number of hydrogen-bond donors (Lipinski definition) is 1. The zero-order chi connectivity index (χ0) is 22.8. The molecular formula is C29H38N2O. The number of benzene rings is 2. The maximum Gasteiger partial charge on any atom is 0.127 e. The van der Waals surface area contributed by atoms with Crippen molar-refractivity contribution in [3.63, 3.8) is 0 Å². The number of nitrogens with one attached hydrogen (secondary N) is 1. The van der Waals surface area contributed by atoms with Gasteiger partial charge in [-0.3, -0.25) is 4.98 Å². The van der Waals surface area contributed by atoms with Gasteiger partial charge in [0.15, 0.2) is 0 Å². The van der Waals surface area contributed by atoms with E-state index in [-0.39, 0.29) is 0 Å². The zero-order valence-electron chi connectivity index (χ0n) is 20.2. The topological polar surface area (TPSA) is 34.2 Å². The normalized spacial score (nSPS) is 12.0. The Morgan fingerprint density at radius 2 is 1.59 bits per heavy atom. The number of ether oxygens (including phenoxy) is 1. The molecule has 0 fully saturated rings. The Morgan fingerprint density at radius 1 is 0.875 bits per heavy atom. The zero-order valence-corrected chi connectivity index (χ0v) is 20.2. The fourth-order valence-electron chi connectivity index (χ4n) is 4.40. The summed E-state index contributed by atoms with van der Waals surface area (Å²) >= 11 is 0. The van der Waals surface area contributed by atoms with Crippen molar-refractivity contribution in [2.75, 3.05) is 7.11 Å². The van der Waals surface area contributed by atoms with Gasteiger partial charge in [0, 0.05) is 36.0 Å². The summed E-state index contributed by atoms with van der Waals surface area (Å²) in [5.74, 6) is 0.899. The number of hydrogen-bond acceptors (Lipinski definition) is 3. The molecule has 0 aliphatic heterocycles. The van der Waals surface area contributed by atoms with Gasteiger partial charge >= 0.3 is 0 Å². The summed E-state index contributed by atoms with van der Waals surface area (Å²) in [7, 11) is 1.75. The van der Waals surface area contributed by atoms with E-state index in [1.54, 1.807) is 7.11 Å². The van der Waals surface area contributed by atoms with Crippen LogP contribution in [0.3, 0.4) is 0 Å². The van der Waals surface area contributed by atoms with Crippen LogP contribution in [-0.2, 0) is 19.4 Å². The van der Waals surface area contributed by atoms with Crippen molar-refractivity contribution in [3.8, 4) is 17.0 Å². The summed E-state index contributed by atoms with van der Waals surface area (Å²) in [5.41, 5.74) is 7.38. The summed E-state index contributed by atoms with van der Waals surface area (Å²) in [6, 6.07) is 19.8. The molecule has 0 aliphatic carbocycles. The molecule has 3 aromatic rings. The molecule has 0 radical (unpaired) electrons. The fraction of sp³-hybridized carbons (Fsp3) is 0.414.